The zero-order valence-corrected chi connectivity index (χ0v) is 9.90. The number of ether oxygens (including phenoxy) is 1. The van der Waals surface area contributed by atoms with Gasteiger partial charge in [-0.1, -0.05) is 18.2 Å². The van der Waals surface area contributed by atoms with Crippen LogP contribution in [0.3, 0.4) is 0 Å². The first-order valence-corrected chi connectivity index (χ1v) is 5.27. The summed E-state index contributed by atoms with van der Waals surface area (Å²) in [4.78, 5) is 11.2. The number of benzene rings is 1. The van der Waals surface area contributed by atoms with Crippen molar-refractivity contribution in [2.45, 2.75) is 18.4 Å². The molecule has 0 aliphatic rings. The van der Waals surface area contributed by atoms with Gasteiger partial charge in [0.2, 0.25) is 5.78 Å². The molecule has 1 N–H and O–H groups in total. The van der Waals surface area contributed by atoms with Crippen molar-refractivity contribution in [3.8, 4) is 5.75 Å². The van der Waals surface area contributed by atoms with Gasteiger partial charge in [-0.05, 0) is 17.7 Å². The monoisotopic (exact) mass is 256 g/mol. The second-order valence-corrected chi connectivity index (χ2v) is 3.71. The molecule has 1 unspecified atom stereocenters. The van der Waals surface area contributed by atoms with Gasteiger partial charge >= 0.3 is 5.92 Å². The highest BCUT2D eigenvalue weighted by atomic mass is 19.3. The molecule has 0 fully saturated rings. The molecule has 1 rings (SSSR count). The second kappa shape index (κ2) is 5.73. The van der Waals surface area contributed by atoms with E-state index in [0.29, 0.717) is 5.75 Å². The van der Waals surface area contributed by atoms with Crippen molar-refractivity contribution in [1.82, 2.24) is 0 Å². The third-order valence-corrected chi connectivity index (χ3v) is 2.48. The number of hydrogen-bond donors (Lipinski definition) is 1. The van der Waals surface area contributed by atoms with E-state index in [0.717, 1.165) is 6.08 Å². The Hall–Kier alpha value is -1.75. The van der Waals surface area contributed by atoms with Crippen molar-refractivity contribution >= 4 is 5.78 Å². The fourth-order valence-electron chi connectivity index (χ4n) is 1.42. The Bertz CT molecular complexity index is 426. The van der Waals surface area contributed by atoms with Crippen LogP contribution in [0, 0.1) is 0 Å². The van der Waals surface area contributed by atoms with E-state index in [1.165, 1.54) is 31.4 Å². The Balaban J connectivity index is 2.93. The summed E-state index contributed by atoms with van der Waals surface area (Å²) >= 11 is 0. The van der Waals surface area contributed by atoms with Gasteiger partial charge in [-0.15, -0.1) is 6.58 Å². The van der Waals surface area contributed by atoms with Crippen LogP contribution in [0.2, 0.25) is 0 Å². The maximum atomic E-state index is 13.6. The summed E-state index contributed by atoms with van der Waals surface area (Å²) in [6.45, 7) is 3.22. The molecule has 0 aromatic heterocycles. The zero-order chi connectivity index (χ0) is 13.8. The van der Waals surface area contributed by atoms with Gasteiger partial charge in [0.1, 0.15) is 11.9 Å². The number of methoxy groups -OCH3 is 1. The first-order chi connectivity index (χ1) is 8.43. The van der Waals surface area contributed by atoms with Gasteiger partial charge in [-0.3, -0.25) is 4.79 Å². The lowest BCUT2D eigenvalue weighted by Crippen LogP contribution is -2.35. The number of rotatable bonds is 6. The van der Waals surface area contributed by atoms with Gasteiger partial charge in [0.15, 0.2) is 0 Å². The van der Waals surface area contributed by atoms with Crippen LogP contribution < -0.4 is 4.74 Å². The highest BCUT2D eigenvalue weighted by Gasteiger charge is 2.45. The Morgan fingerprint density at radius 3 is 2.50 bits per heavy atom. The van der Waals surface area contributed by atoms with Crippen LogP contribution in [0.4, 0.5) is 8.78 Å². The molecule has 1 aromatic carbocycles. The highest BCUT2D eigenvalue weighted by molar-refractivity contribution is 5.87. The quantitative estimate of drug-likeness (QED) is 0.795. The second-order valence-electron chi connectivity index (χ2n) is 3.71. The maximum Gasteiger partial charge on any atom is 0.334 e. The lowest BCUT2D eigenvalue weighted by atomic mass is 9.99. The van der Waals surface area contributed by atoms with Gasteiger partial charge in [-0.25, -0.2) is 0 Å². The largest absolute Gasteiger partial charge is 0.497 e. The molecule has 0 bridgehead atoms. The van der Waals surface area contributed by atoms with E-state index in [1.54, 1.807) is 0 Å². The minimum atomic E-state index is -3.83. The van der Waals surface area contributed by atoms with Crippen LogP contribution in [0.1, 0.15) is 18.1 Å². The molecule has 0 radical (unpaired) electrons. The molecule has 3 nitrogen and oxygen atoms in total. The van der Waals surface area contributed by atoms with E-state index in [1.807, 2.05) is 0 Å². The summed E-state index contributed by atoms with van der Waals surface area (Å²) in [5.41, 5.74) is -0.0433. The first-order valence-electron chi connectivity index (χ1n) is 5.27. The predicted octanol–water partition coefficient (Wildman–Crippen LogP) is 2.51. The van der Waals surface area contributed by atoms with Gasteiger partial charge in [-0.2, -0.15) is 8.78 Å². The van der Waals surface area contributed by atoms with Crippen LogP contribution in [-0.4, -0.2) is 23.9 Å². The van der Waals surface area contributed by atoms with Gasteiger partial charge in [0, 0.05) is 6.42 Å². The number of alkyl halides is 2. The Morgan fingerprint density at radius 1 is 1.50 bits per heavy atom. The molecule has 5 heteroatoms. The molecule has 0 saturated heterocycles. The Labute approximate surface area is 104 Å². The maximum absolute atomic E-state index is 13.6. The van der Waals surface area contributed by atoms with Crippen LogP contribution in [0.5, 0.6) is 5.75 Å². The molecule has 0 heterocycles. The number of halogens is 2. The minimum Gasteiger partial charge on any atom is -0.497 e. The third-order valence-electron chi connectivity index (χ3n) is 2.48. The fourth-order valence-corrected chi connectivity index (χ4v) is 1.42. The topological polar surface area (TPSA) is 46.5 Å². The minimum absolute atomic E-state index is 0.0433. The van der Waals surface area contributed by atoms with Crippen LogP contribution >= 0.6 is 0 Å². The average Bonchev–Trinajstić information content (AvgIpc) is 2.38. The molecule has 98 valence electrons. The summed E-state index contributed by atoms with van der Waals surface area (Å²) in [6.07, 6.45) is -1.58. The van der Waals surface area contributed by atoms with Crippen molar-refractivity contribution in [2.75, 3.05) is 7.11 Å². The summed E-state index contributed by atoms with van der Waals surface area (Å²) in [5.74, 6) is -4.71. The molecule has 1 atom stereocenters. The number of aliphatic hydroxyl groups excluding tert-OH is 1. The molecular formula is C13H14F2O3. The van der Waals surface area contributed by atoms with Crippen molar-refractivity contribution in [2.24, 2.45) is 0 Å². The van der Waals surface area contributed by atoms with Gasteiger partial charge < -0.3 is 9.84 Å². The number of Topliss-reactive ketones (excluding diaryl/α,β-unsaturated/α-hetero) is 1. The number of ketones is 1. The molecule has 0 saturated carbocycles. The van der Waals surface area contributed by atoms with Gasteiger partial charge in [0.05, 0.1) is 7.11 Å². The van der Waals surface area contributed by atoms with Crippen molar-refractivity contribution in [1.29, 1.82) is 0 Å². The van der Waals surface area contributed by atoms with Crippen LogP contribution in [0.15, 0.2) is 36.9 Å². The molecule has 18 heavy (non-hydrogen) atoms. The number of carbonyl (C=O) groups is 1. The van der Waals surface area contributed by atoms with Crippen LogP contribution in [-0.2, 0) is 4.79 Å². The van der Waals surface area contributed by atoms with E-state index in [9.17, 15) is 18.7 Å². The van der Waals surface area contributed by atoms with Crippen molar-refractivity contribution in [3.05, 3.63) is 42.5 Å². The third kappa shape index (κ3) is 2.92. The fraction of sp³-hybridized carbons (Fsp3) is 0.308. The Kier molecular flexibility index (Phi) is 4.55. The highest BCUT2D eigenvalue weighted by Crippen LogP contribution is 2.33. The Morgan fingerprint density at radius 2 is 2.06 bits per heavy atom. The van der Waals surface area contributed by atoms with E-state index in [4.69, 9.17) is 4.74 Å². The summed E-state index contributed by atoms with van der Waals surface area (Å²) in [7, 11) is 1.44. The van der Waals surface area contributed by atoms with Crippen LogP contribution in [0.25, 0.3) is 0 Å². The number of hydrogen-bond acceptors (Lipinski definition) is 3. The number of carbonyl (C=O) groups excluding carboxylic acids is 1. The molecular weight excluding hydrogens is 242 g/mol. The lowest BCUT2D eigenvalue weighted by Gasteiger charge is -2.21. The number of allylic oxidation sites excluding steroid dienone is 1. The van der Waals surface area contributed by atoms with E-state index < -0.39 is 24.2 Å². The molecule has 0 aliphatic heterocycles. The number of aliphatic hydroxyl groups is 1. The SMILES string of the molecule is C=CCC(=O)C(F)(F)C(O)c1ccc(OC)cc1. The van der Waals surface area contributed by atoms with E-state index in [-0.39, 0.29) is 5.56 Å². The lowest BCUT2D eigenvalue weighted by molar-refractivity contribution is -0.160. The zero-order valence-electron chi connectivity index (χ0n) is 9.90. The van der Waals surface area contributed by atoms with Crippen molar-refractivity contribution in [3.63, 3.8) is 0 Å². The summed E-state index contributed by atoms with van der Waals surface area (Å²) < 4.78 is 32.0. The molecule has 0 aliphatic carbocycles. The van der Waals surface area contributed by atoms with E-state index in [2.05, 4.69) is 6.58 Å². The smallest absolute Gasteiger partial charge is 0.334 e. The summed E-state index contributed by atoms with van der Waals surface area (Å²) in [5, 5.41) is 9.56. The predicted molar refractivity (Wildman–Crippen MR) is 62.7 cm³/mol. The van der Waals surface area contributed by atoms with Crippen molar-refractivity contribution < 1.29 is 23.4 Å². The van der Waals surface area contributed by atoms with Gasteiger partial charge in [0.25, 0.3) is 0 Å². The molecule has 0 spiro atoms. The first kappa shape index (κ1) is 14.3. The molecule has 0 amide bonds. The standard InChI is InChI=1S/C13H14F2O3/c1-3-4-11(16)13(14,15)12(17)9-5-7-10(18-2)8-6-9/h3,5-8,12,17H,1,4H2,2H3. The van der Waals surface area contributed by atoms with E-state index >= 15 is 0 Å². The summed E-state index contributed by atoms with van der Waals surface area (Å²) in [6, 6.07) is 5.45. The molecule has 1 aromatic rings. The average molecular weight is 256 g/mol. The normalized spacial score (nSPS) is 12.9.